The Morgan fingerprint density at radius 2 is 2.00 bits per heavy atom. The molecule has 4 nitrogen and oxygen atoms in total. The first-order valence-corrected chi connectivity index (χ1v) is 7.61. The Bertz CT molecular complexity index is 486. The highest BCUT2D eigenvalue weighted by Crippen LogP contribution is 2.20. The number of anilines is 1. The molecule has 0 aliphatic heterocycles. The van der Waals surface area contributed by atoms with E-state index in [1.807, 2.05) is 26.8 Å². The third-order valence-corrected chi connectivity index (χ3v) is 4.03. The van der Waals surface area contributed by atoms with Crippen LogP contribution in [0.4, 0.5) is 5.69 Å². The summed E-state index contributed by atoms with van der Waals surface area (Å²) >= 11 is 3.37. The quantitative estimate of drug-likeness (QED) is 0.876. The lowest BCUT2D eigenvalue weighted by molar-refractivity contribution is 0.565. The molecule has 1 aromatic rings. The van der Waals surface area contributed by atoms with Crippen LogP contribution in [0, 0.1) is 12.8 Å². The zero-order valence-electron chi connectivity index (χ0n) is 10.1. The molecule has 0 spiro atoms. The number of aryl methyl sites for hydroxylation is 1. The molecule has 0 atom stereocenters. The summed E-state index contributed by atoms with van der Waals surface area (Å²) in [5, 5.41) is 0. The molecule has 0 bridgehead atoms. The molecule has 0 aliphatic carbocycles. The number of halogens is 1. The van der Waals surface area contributed by atoms with Crippen molar-refractivity contribution in [1.82, 2.24) is 4.72 Å². The van der Waals surface area contributed by atoms with Crippen LogP contribution in [0.25, 0.3) is 0 Å². The van der Waals surface area contributed by atoms with Crippen LogP contribution >= 0.6 is 15.9 Å². The lowest BCUT2D eigenvalue weighted by Gasteiger charge is -2.11. The number of nitrogens with one attached hydrogen (secondary N) is 2. The van der Waals surface area contributed by atoms with Gasteiger partial charge in [-0.05, 0) is 36.6 Å². The molecule has 0 saturated carbocycles. The van der Waals surface area contributed by atoms with Crippen molar-refractivity contribution >= 4 is 31.8 Å². The van der Waals surface area contributed by atoms with Crippen LogP contribution in [-0.2, 0) is 10.2 Å². The van der Waals surface area contributed by atoms with E-state index in [-0.39, 0.29) is 5.92 Å². The molecule has 0 aliphatic rings. The maximum atomic E-state index is 11.7. The standard InChI is InChI=1S/C11H17BrN2O2S/c1-8(2)7-13-17(15,16)14-10-4-5-11(12)9(3)6-10/h4-6,8,13-14H,7H2,1-3H3. The summed E-state index contributed by atoms with van der Waals surface area (Å²) in [5.74, 6) is 0.276. The predicted octanol–water partition coefficient (Wildman–Crippen LogP) is 2.66. The molecule has 0 fully saturated rings. The first-order chi connectivity index (χ1) is 7.80. The smallest absolute Gasteiger partial charge is 0.271 e. The largest absolute Gasteiger partial charge is 0.299 e. The molecule has 0 saturated heterocycles. The SMILES string of the molecule is Cc1cc(NS(=O)(=O)NCC(C)C)ccc1Br. The summed E-state index contributed by atoms with van der Waals surface area (Å²) < 4.78 is 29.3. The molecule has 17 heavy (non-hydrogen) atoms. The maximum Gasteiger partial charge on any atom is 0.299 e. The summed E-state index contributed by atoms with van der Waals surface area (Å²) in [7, 11) is -3.47. The topological polar surface area (TPSA) is 58.2 Å². The van der Waals surface area contributed by atoms with Crippen LogP contribution < -0.4 is 9.44 Å². The van der Waals surface area contributed by atoms with Gasteiger partial charge in [-0.15, -0.1) is 0 Å². The van der Waals surface area contributed by atoms with Crippen LogP contribution in [0.5, 0.6) is 0 Å². The first kappa shape index (κ1) is 14.5. The van der Waals surface area contributed by atoms with Crippen LogP contribution in [0.1, 0.15) is 19.4 Å². The Morgan fingerprint density at radius 1 is 1.35 bits per heavy atom. The van der Waals surface area contributed by atoms with Crippen molar-refractivity contribution in [3.05, 3.63) is 28.2 Å². The van der Waals surface area contributed by atoms with Gasteiger partial charge in [-0.25, -0.2) is 0 Å². The molecule has 1 rings (SSSR count). The fraction of sp³-hybridized carbons (Fsp3) is 0.455. The third kappa shape index (κ3) is 5.06. The molecular formula is C11H17BrN2O2S. The van der Waals surface area contributed by atoms with Crippen LogP contribution in [0.3, 0.4) is 0 Å². The van der Waals surface area contributed by atoms with Gasteiger partial charge in [0.2, 0.25) is 0 Å². The van der Waals surface area contributed by atoms with Crippen molar-refractivity contribution in [3.63, 3.8) is 0 Å². The van der Waals surface area contributed by atoms with Crippen molar-refractivity contribution in [2.75, 3.05) is 11.3 Å². The number of hydrogen-bond acceptors (Lipinski definition) is 2. The van der Waals surface area contributed by atoms with Gasteiger partial charge in [0, 0.05) is 11.0 Å². The molecule has 96 valence electrons. The number of hydrogen-bond donors (Lipinski definition) is 2. The van der Waals surface area contributed by atoms with Crippen molar-refractivity contribution in [2.45, 2.75) is 20.8 Å². The van der Waals surface area contributed by atoms with Crippen molar-refractivity contribution in [1.29, 1.82) is 0 Å². The van der Waals surface area contributed by atoms with Crippen molar-refractivity contribution < 1.29 is 8.42 Å². The highest BCUT2D eigenvalue weighted by atomic mass is 79.9. The van der Waals surface area contributed by atoms with Gasteiger partial charge in [-0.2, -0.15) is 13.1 Å². The molecule has 6 heteroatoms. The summed E-state index contributed by atoms with van der Waals surface area (Å²) in [6.07, 6.45) is 0. The van der Waals surface area contributed by atoms with E-state index in [0.29, 0.717) is 12.2 Å². The van der Waals surface area contributed by atoms with Gasteiger partial charge in [0.1, 0.15) is 0 Å². The molecule has 1 aromatic carbocycles. The monoisotopic (exact) mass is 320 g/mol. The Hall–Kier alpha value is -0.590. The average Bonchev–Trinajstić information content (AvgIpc) is 2.21. The van der Waals surface area contributed by atoms with Crippen LogP contribution in [0.15, 0.2) is 22.7 Å². The molecule has 0 aromatic heterocycles. The molecule has 0 unspecified atom stereocenters. The van der Waals surface area contributed by atoms with Gasteiger partial charge in [-0.1, -0.05) is 29.8 Å². The van der Waals surface area contributed by atoms with E-state index in [2.05, 4.69) is 25.4 Å². The van der Waals surface area contributed by atoms with Crippen LogP contribution in [-0.4, -0.2) is 15.0 Å². The molecule has 0 heterocycles. The van der Waals surface area contributed by atoms with E-state index >= 15 is 0 Å². The zero-order chi connectivity index (χ0) is 13.1. The minimum absolute atomic E-state index is 0.276. The second-order valence-electron chi connectivity index (χ2n) is 4.31. The van der Waals surface area contributed by atoms with Gasteiger partial charge >= 0.3 is 0 Å². The van der Waals surface area contributed by atoms with Gasteiger partial charge in [0.15, 0.2) is 0 Å². The Kier molecular flexibility index (Phi) is 4.97. The third-order valence-electron chi connectivity index (χ3n) is 2.09. The fourth-order valence-electron chi connectivity index (χ4n) is 1.18. The average molecular weight is 321 g/mol. The lowest BCUT2D eigenvalue weighted by Crippen LogP contribution is -2.32. The maximum absolute atomic E-state index is 11.7. The summed E-state index contributed by atoms with van der Waals surface area (Å²) in [5.41, 5.74) is 1.54. The summed E-state index contributed by atoms with van der Waals surface area (Å²) in [4.78, 5) is 0. The second-order valence-corrected chi connectivity index (χ2v) is 6.67. The van der Waals surface area contributed by atoms with E-state index in [0.717, 1.165) is 10.0 Å². The van der Waals surface area contributed by atoms with Crippen molar-refractivity contribution in [2.24, 2.45) is 5.92 Å². The van der Waals surface area contributed by atoms with E-state index in [1.165, 1.54) is 0 Å². The van der Waals surface area contributed by atoms with Crippen LogP contribution in [0.2, 0.25) is 0 Å². The van der Waals surface area contributed by atoms with Gasteiger partial charge < -0.3 is 0 Å². The van der Waals surface area contributed by atoms with E-state index in [1.54, 1.807) is 12.1 Å². The molecule has 2 N–H and O–H groups in total. The zero-order valence-corrected chi connectivity index (χ0v) is 12.5. The Labute approximate surface area is 111 Å². The Balaban J connectivity index is 2.73. The molecule has 0 radical (unpaired) electrons. The Morgan fingerprint density at radius 3 is 2.53 bits per heavy atom. The number of rotatable bonds is 5. The second kappa shape index (κ2) is 5.84. The summed E-state index contributed by atoms with van der Waals surface area (Å²) in [6, 6.07) is 5.31. The number of benzene rings is 1. The van der Waals surface area contributed by atoms with E-state index < -0.39 is 10.2 Å². The molecular weight excluding hydrogens is 304 g/mol. The van der Waals surface area contributed by atoms with Gasteiger partial charge in [-0.3, -0.25) is 4.72 Å². The van der Waals surface area contributed by atoms with Gasteiger partial charge in [0.25, 0.3) is 10.2 Å². The molecule has 0 amide bonds. The normalized spacial score (nSPS) is 11.8. The van der Waals surface area contributed by atoms with E-state index in [4.69, 9.17) is 0 Å². The van der Waals surface area contributed by atoms with Gasteiger partial charge in [0.05, 0.1) is 5.69 Å². The predicted molar refractivity (Wildman–Crippen MR) is 74.3 cm³/mol. The minimum atomic E-state index is -3.47. The highest BCUT2D eigenvalue weighted by molar-refractivity contribution is 9.10. The highest BCUT2D eigenvalue weighted by Gasteiger charge is 2.10. The lowest BCUT2D eigenvalue weighted by atomic mass is 10.2. The summed E-state index contributed by atoms with van der Waals surface area (Å²) in [6.45, 7) is 6.23. The van der Waals surface area contributed by atoms with E-state index in [9.17, 15) is 8.42 Å². The minimum Gasteiger partial charge on any atom is -0.271 e. The first-order valence-electron chi connectivity index (χ1n) is 5.34. The fourth-order valence-corrected chi connectivity index (χ4v) is 2.48. The van der Waals surface area contributed by atoms with Crippen molar-refractivity contribution in [3.8, 4) is 0 Å².